The van der Waals surface area contributed by atoms with Gasteiger partial charge >= 0.3 is 5.97 Å². The minimum Gasteiger partial charge on any atom is -0.480 e. The second-order valence-electron chi connectivity index (χ2n) is 10.3. The van der Waals surface area contributed by atoms with Crippen LogP contribution in [0.5, 0.6) is 0 Å². The maximum atomic E-state index is 13.6. The molecule has 2 rings (SSSR count). The van der Waals surface area contributed by atoms with Crippen molar-refractivity contribution in [2.75, 3.05) is 5.75 Å². The lowest BCUT2D eigenvalue weighted by Crippen LogP contribution is -2.61. The van der Waals surface area contributed by atoms with Crippen LogP contribution >= 0.6 is 12.6 Å². The van der Waals surface area contributed by atoms with E-state index < -0.39 is 71.8 Å². The van der Waals surface area contributed by atoms with Crippen LogP contribution in [0.15, 0.2) is 42.9 Å². The Bertz CT molecular complexity index is 1210. The van der Waals surface area contributed by atoms with Crippen LogP contribution in [0.25, 0.3) is 0 Å². The fraction of sp³-hybridized carbons (Fsp3) is 0.500. The van der Waals surface area contributed by atoms with Crippen LogP contribution in [-0.4, -0.2) is 91.8 Å². The van der Waals surface area contributed by atoms with Crippen LogP contribution in [0.2, 0.25) is 0 Å². The number of amides is 4. The molecule has 0 bridgehead atoms. The molecule has 43 heavy (non-hydrogen) atoms. The largest absolute Gasteiger partial charge is 0.480 e. The number of nitrogens with two attached hydrogens (primary N) is 1. The molecule has 15 heteroatoms. The van der Waals surface area contributed by atoms with Gasteiger partial charge in [0.2, 0.25) is 23.6 Å². The number of hydrogen-bond acceptors (Lipinski definition) is 9. The van der Waals surface area contributed by atoms with E-state index in [9.17, 15) is 34.2 Å². The number of H-pyrrole nitrogens is 1. The molecule has 14 nitrogen and oxygen atoms in total. The van der Waals surface area contributed by atoms with Crippen molar-refractivity contribution in [2.24, 2.45) is 11.7 Å². The highest BCUT2D eigenvalue weighted by molar-refractivity contribution is 7.80. The van der Waals surface area contributed by atoms with Crippen molar-refractivity contribution in [1.82, 2.24) is 31.2 Å². The molecule has 0 saturated carbocycles. The van der Waals surface area contributed by atoms with Crippen molar-refractivity contribution >= 4 is 42.2 Å². The number of aromatic nitrogens is 2. The van der Waals surface area contributed by atoms with Gasteiger partial charge in [0, 0.05) is 30.5 Å². The lowest BCUT2D eigenvalue weighted by atomic mass is 9.96. The molecule has 2 aromatic rings. The maximum Gasteiger partial charge on any atom is 0.327 e. The number of carboxylic acids is 1. The predicted molar refractivity (Wildman–Crippen MR) is 161 cm³/mol. The first-order valence-corrected chi connectivity index (χ1v) is 14.5. The van der Waals surface area contributed by atoms with Crippen molar-refractivity contribution in [1.29, 1.82) is 0 Å². The lowest BCUT2D eigenvalue weighted by molar-refractivity contribution is -0.141. The van der Waals surface area contributed by atoms with Gasteiger partial charge in [-0.05, 0) is 18.4 Å². The molecule has 9 N–H and O–H groups in total. The van der Waals surface area contributed by atoms with Crippen LogP contribution < -0.4 is 27.0 Å². The Kier molecular flexibility index (Phi) is 14.1. The van der Waals surface area contributed by atoms with Gasteiger partial charge in [0.05, 0.1) is 12.4 Å². The zero-order chi connectivity index (χ0) is 32.1. The van der Waals surface area contributed by atoms with Gasteiger partial charge in [0.15, 0.2) is 0 Å². The highest BCUT2D eigenvalue weighted by Gasteiger charge is 2.34. The smallest absolute Gasteiger partial charge is 0.327 e. The molecule has 1 aromatic carbocycles. The highest BCUT2D eigenvalue weighted by atomic mass is 32.1. The van der Waals surface area contributed by atoms with Gasteiger partial charge in [-0.2, -0.15) is 12.6 Å². The number of benzene rings is 1. The average Bonchev–Trinajstić information content (AvgIpc) is 3.50. The summed E-state index contributed by atoms with van der Waals surface area (Å²) in [5, 5.41) is 29.4. The Balaban J connectivity index is 2.31. The van der Waals surface area contributed by atoms with E-state index in [1.165, 1.54) is 19.4 Å². The van der Waals surface area contributed by atoms with E-state index in [1.54, 1.807) is 37.3 Å². The molecule has 0 aliphatic heterocycles. The summed E-state index contributed by atoms with van der Waals surface area (Å²) in [5.74, 6) is -4.73. The summed E-state index contributed by atoms with van der Waals surface area (Å²) in [6.45, 7) is 4.90. The van der Waals surface area contributed by atoms with Gasteiger partial charge < -0.3 is 42.2 Å². The summed E-state index contributed by atoms with van der Waals surface area (Å²) in [5.41, 5.74) is 6.98. The molecule has 0 saturated heterocycles. The molecular formula is C28H41N7O7S. The summed E-state index contributed by atoms with van der Waals surface area (Å²) in [7, 11) is 0. The first kappa shape index (κ1) is 35.2. The standard InChI is InChI=1S/C28H41N7O7S/c1-4-15(2)23(35-25(38)20(11-18-12-30-14-31-18)32-26(39)22(29)16(3)36)27(40)33-19(10-17-8-6-5-7-9-17)24(37)34-21(13-43)28(41)42/h5-9,12,14-16,19-23,36,43H,4,10-11,13,29H2,1-3H3,(H,30,31)(H,32,39)(H,33,40)(H,34,37)(H,35,38)(H,41,42)/t15-,16+,19-,20-,21-,22-,23-/m0/s1. The first-order chi connectivity index (χ1) is 20.4. The summed E-state index contributed by atoms with van der Waals surface area (Å²) in [4.78, 5) is 71.2. The Morgan fingerprint density at radius 3 is 2.02 bits per heavy atom. The van der Waals surface area contributed by atoms with Crippen LogP contribution in [0, 0.1) is 5.92 Å². The monoisotopic (exact) mass is 619 g/mol. The second kappa shape index (κ2) is 17.2. The van der Waals surface area contributed by atoms with Crippen LogP contribution in [0.4, 0.5) is 0 Å². The van der Waals surface area contributed by atoms with Crippen molar-refractivity contribution < 1.29 is 34.2 Å². The van der Waals surface area contributed by atoms with Crippen molar-refractivity contribution in [2.45, 2.75) is 76.3 Å². The summed E-state index contributed by atoms with van der Waals surface area (Å²) in [6, 6.07) is 2.76. The average molecular weight is 620 g/mol. The highest BCUT2D eigenvalue weighted by Crippen LogP contribution is 2.12. The Morgan fingerprint density at radius 1 is 0.907 bits per heavy atom. The fourth-order valence-electron chi connectivity index (χ4n) is 4.05. The normalized spacial score (nSPS) is 16.0. The van der Waals surface area contributed by atoms with E-state index in [-0.39, 0.29) is 18.6 Å². The molecule has 4 amide bonds. The molecular weight excluding hydrogens is 578 g/mol. The van der Waals surface area contributed by atoms with Crippen molar-refractivity contribution in [3.05, 3.63) is 54.1 Å². The number of imidazole rings is 1. The molecule has 1 aromatic heterocycles. The van der Waals surface area contributed by atoms with Gasteiger partial charge in [0.1, 0.15) is 30.2 Å². The predicted octanol–water partition coefficient (Wildman–Crippen LogP) is -1.10. The molecule has 0 radical (unpaired) electrons. The number of aliphatic hydroxyl groups excluding tert-OH is 1. The molecule has 1 heterocycles. The molecule has 236 valence electrons. The molecule has 0 unspecified atom stereocenters. The molecule has 0 fully saturated rings. The molecule has 0 spiro atoms. The SMILES string of the molecule is CC[C@H](C)[C@H](NC(=O)[C@H](Cc1cnc[nH]1)NC(=O)[C@@H](N)[C@@H](C)O)C(=O)N[C@@H](Cc1ccccc1)C(=O)N[C@@H](CS)C(=O)O. The minimum absolute atomic E-state index is 0.0156. The van der Waals surface area contributed by atoms with Gasteiger partial charge in [-0.3, -0.25) is 19.2 Å². The van der Waals surface area contributed by atoms with Gasteiger partial charge in [-0.25, -0.2) is 9.78 Å². The number of aliphatic carboxylic acids is 1. The van der Waals surface area contributed by atoms with E-state index in [4.69, 9.17) is 5.73 Å². The number of aromatic amines is 1. The molecule has 0 aliphatic carbocycles. The third-order valence-electron chi connectivity index (χ3n) is 6.94. The third-order valence-corrected chi connectivity index (χ3v) is 7.31. The zero-order valence-corrected chi connectivity index (χ0v) is 25.2. The minimum atomic E-state index is -1.30. The summed E-state index contributed by atoms with van der Waals surface area (Å²) < 4.78 is 0. The van der Waals surface area contributed by atoms with Crippen LogP contribution in [0.3, 0.4) is 0 Å². The van der Waals surface area contributed by atoms with E-state index >= 15 is 0 Å². The fourth-order valence-corrected chi connectivity index (χ4v) is 4.29. The maximum absolute atomic E-state index is 13.6. The van der Waals surface area contributed by atoms with Gasteiger partial charge in [-0.1, -0.05) is 50.6 Å². The number of nitrogens with one attached hydrogen (secondary N) is 5. The van der Waals surface area contributed by atoms with E-state index in [1.807, 2.05) is 6.92 Å². The molecule has 0 aliphatic rings. The van der Waals surface area contributed by atoms with Gasteiger partial charge in [0.25, 0.3) is 0 Å². The Hall–Kier alpha value is -3.95. The number of nitrogens with zero attached hydrogens (tertiary/aromatic N) is 1. The van der Waals surface area contributed by atoms with E-state index in [0.717, 1.165) is 0 Å². The number of rotatable bonds is 17. The van der Waals surface area contributed by atoms with Crippen molar-refractivity contribution in [3.8, 4) is 0 Å². The van der Waals surface area contributed by atoms with Crippen molar-refractivity contribution in [3.63, 3.8) is 0 Å². The number of carboxylic acid groups (broad SMARTS) is 1. The Labute approximate surface area is 255 Å². The third kappa shape index (κ3) is 11.0. The summed E-state index contributed by atoms with van der Waals surface area (Å²) in [6.07, 6.45) is 2.21. The topological polar surface area (TPSA) is 229 Å². The number of carbonyl (C=O) groups excluding carboxylic acids is 4. The molecule has 7 atom stereocenters. The van der Waals surface area contributed by atoms with E-state index in [0.29, 0.717) is 17.7 Å². The number of thiol groups is 1. The van der Waals surface area contributed by atoms with E-state index in [2.05, 4.69) is 43.9 Å². The second-order valence-corrected chi connectivity index (χ2v) is 10.7. The number of aliphatic hydroxyl groups is 1. The quantitative estimate of drug-likeness (QED) is 0.0978. The number of carbonyl (C=O) groups is 5. The summed E-state index contributed by atoms with van der Waals surface area (Å²) >= 11 is 3.99. The lowest BCUT2D eigenvalue weighted by Gasteiger charge is -2.29. The van der Waals surface area contributed by atoms with Crippen LogP contribution in [-0.2, 0) is 36.8 Å². The first-order valence-electron chi connectivity index (χ1n) is 13.9. The van der Waals surface area contributed by atoms with Crippen LogP contribution in [0.1, 0.15) is 38.4 Å². The zero-order valence-electron chi connectivity index (χ0n) is 24.3. The number of hydrogen-bond donors (Lipinski definition) is 9. The van der Waals surface area contributed by atoms with Gasteiger partial charge in [-0.15, -0.1) is 0 Å². The Morgan fingerprint density at radius 2 is 1.49 bits per heavy atom.